The van der Waals surface area contributed by atoms with Crippen molar-refractivity contribution in [1.29, 1.82) is 0 Å². The number of rotatable bonds is 3. The zero-order chi connectivity index (χ0) is 17.1. The highest BCUT2D eigenvalue weighted by Crippen LogP contribution is 2.26. The summed E-state index contributed by atoms with van der Waals surface area (Å²) in [5.41, 5.74) is 4.71. The summed E-state index contributed by atoms with van der Waals surface area (Å²) in [6.07, 6.45) is 4.97. The number of carbonyl (C=O) groups is 1. The average Bonchev–Trinajstić information content (AvgIpc) is 2.69. The van der Waals surface area contributed by atoms with Crippen molar-refractivity contribution in [3.63, 3.8) is 0 Å². The number of fused-ring (bicyclic) bond motifs is 1. The third kappa shape index (κ3) is 3.58. The highest BCUT2D eigenvalue weighted by molar-refractivity contribution is 5.77. The molecule has 0 N–H and O–H groups in total. The van der Waals surface area contributed by atoms with Crippen LogP contribution in [0.1, 0.15) is 30.0 Å². The Kier molecular flexibility index (Phi) is 4.84. The van der Waals surface area contributed by atoms with Crippen LogP contribution >= 0.6 is 0 Å². The van der Waals surface area contributed by atoms with Crippen molar-refractivity contribution in [2.24, 2.45) is 0 Å². The first kappa shape index (κ1) is 16.5. The number of nitrogens with zero attached hydrogens (tertiary/aromatic N) is 3. The Morgan fingerprint density at radius 3 is 2.88 bits per heavy atom. The van der Waals surface area contributed by atoms with Gasteiger partial charge in [-0.05, 0) is 43.0 Å². The van der Waals surface area contributed by atoms with Crippen LogP contribution < -0.4 is 4.90 Å². The number of carbonyl (C=O) groups excluding carboxylic acids is 1. The van der Waals surface area contributed by atoms with Crippen molar-refractivity contribution in [1.82, 2.24) is 9.88 Å². The van der Waals surface area contributed by atoms with Crippen LogP contribution in [0.25, 0.3) is 0 Å². The maximum Gasteiger partial charge on any atom is 0.223 e. The Bertz CT molecular complexity index is 728. The standard InChI is InChI=1S/C20H25N3O/c1-15-10-17(12-21-11-15)8-9-20(24)23-14-18-6-4-5-7-19(18)22(3)13-16(23)2/h4-7,10-12,16H,8-9,13-14H2,1-3H3. The van der Waals surface area contributed by atoms with Crippen LogP contribution in [0.2, 0.25) is 0 Å². The Labute approximate surface area is 144 Å². The van der Waals surface area contributed by atoms with E-state index in [9.17, 15) is 4.79 Å². The molecule has 126 valence electrons. The lowest BCUT2D eigenvalue weighted by Crippen LogP contribution is -2.42. The maximum atomic E-state index is 12.8. The van der Waals surface area contributed by atoms with E-state index >= 15 is 0 Å². The van der Waals surface area contributed by atoms with Crippen LogP contribution in [0.3, 0.4) is 0 Å². The van der Waals surface area contributed by atoms with E-state index in [4.69, 9.17) is 0 Å². The summed E-state index contributed by atoms with van der Waals surface area (Å²) >= 11 is 0. The van der Waals surface area contributed by atoms with Crippen LogP contribution in [0, 0.1) is 6.92 Å². The fourth-order valence-corrected chi connectivity index (χ4v) is 3.43. The molecular formula is C20H25N3O. The van der Waals surface area contributed by atoms with E-state index in [1.54, 1.807) is 0 Å². The Balaban J connectivity index is 1.72. The first-order valence-electron chi connectivity index (χ1n) is 8.53. The second-order valence-corrected chi connectivity index (χ2v) is 6.75. The molecule has 2 aromatic rings. The monoisotopic (exact) mass is 323 g/mol. The van der Waals surface area contributed by atoms with E-state index < -0.39 is 0 Å². The summed E-state index contributed by atoms with van der Waals surface area (Å²) in [4.78, 5) is 21.3. The Morgan fingerprint density at radius 1 is 1.29 bits per heavy atom. The number of hydrogen-bond acceptors (Lipinski definition) is 3. The summed E-state index contributed by atoms with van der Waals surface area (Å²) in [6.45, 7) is 5.71. The largest absolute Gasteiger partial charge is 0.372 e. The first-order chi connectivity index (χ1) is 11.5. The molecular weight excluding hydrogens is 298 g/mol. The number of benzene rings is 1. The van der Waals surface area contributed by atoms with Gasteiger partial charge in [0, 0.05) is 50.7 Å². The lowest BCUT2D eigenvalue weighted by molar-refractivity contribution is -0.133. The minimum Gasteiger partial charge on any atom is -0.372 e. The van der Waals surface area contributed by atoms with Crippen LogP contribution in [0.4, 0.5) is 5.69 Å². The van der Waals surface area contributed by atoms with Crippen LogP contribution in [-0.4, -0.2) is 35.4 Å². The second-order valence-electron chi connectivity index (χ2n) is 6.75. The molecule has 3 rings (SSSR count). The molecule has 1 amide bonds. The van der Waals surface area contributed by atoms with Gasteiger partial charge in [0.2, 0.25) is 5.91 Å². The molecule has 0 saturated heterocycles. The normalized spacial score (nSPS) is 17.4. The molecule has 0 radical (unpaired) electrons. The van der Waals surface area contributed by atoms with Crippen molar-refractivity contribution >= 4 is 11.6 Å². The molecule has 24 heavy (non-hydrogen) atoms. The minimum absolute atomic E-state index is 0.200. The number of hydrogen-bond donors (Lipinski definition) is 0. The topological polar surface area (TPSA) is 36.4 Å². The zero-order valence-corrected chi connectivity index (χ0v) is 14.7. The minimum atomic E-state index is 0.200. The fourth-order valence-electron chi connectivity index (χ4n) is 3.43. The van der Waals surface area contributed by atoms with E-state index in [-0.39, 0.29) is 11.9 Å². The Morgan fingerprint density at radius 2 is 2.08 bits per heavy atom. The summed E-state index contributed by atoms with van der Waals surface area (Å²) in [7, 11) is 2.10. The quantitative estimate of drug-likeness (QED) is 0.870. The number of aromatic nitrogens is 1. The fraction of sp³-hybridized carbons (Fsp3) is 0.400. The van der Waals surface area contributed by atoms with Crippen LogP contribution in [0.5, 0.6) is 0 Å². The molecule has 1 unspecified atom stereocenters. The molecule has 1 atom stereocenters. The van der Waals surface area contributed by atoms with Crippen molar-refractivity contribution in [3.05, 3.63) is 59.4 Å². The summed E-state index contributed by atoms with van der Waals surface area (Å²) in [5.74, 6) is 0.217. The number of pyridine rings is 1. The summed E-state index contributed by atoms with van der Waals surface area (Å²) < 4.78 is 0. The van der Waals surface area contributed by atoms with Crippen molar-refractivity contribution in [2.75, 3.05) is 18.5 Å². The second kappa shape index (κ2) is 7.04. The molecule has 2 heterocycles. The van der Waals surface area contributed by atoms with Gasteiger partial charge in [0.15, 0.2) is 0 Å². The molecule has 1 aromatic heterocycles. The molecule has 0 saturated carbocycles. The van der Waals surface area contributed by atoms with Gasteiger partial charge < -0.3 is 9.80 Å². The molecule has 4 heteroatoms. The molecule has 0 bridgehead atoms. The van der Waals surface area contributed by atoms with E-state index in [2.05, 4.69) is 48.1 Å². The van der Waals surface area contributed by atoms with Crippen LogP contribution in [0.15, 0.2) is 42.7 Å². The van der Waals surface area contributed by atoms with Crippen molar-refractivity contribution in [2.45, 2.75) is 39.3 Å². The molecule has 4 nitrogen and oxygen atoms in total. The maximum absolute atomic E-state index is 12.8. The van der Waals surface area contributed by atoms with Crippen molar-refractivity contribution < 1.29 is 4.79 Å². The van der Waals surface area contributed by atoms with E-state index in [0.29, 0.717) is 13.0 Å². The third-order valence-corrected chi connectivity index (χ3v) is 4.69. The van der Waals surface area contributed by atoms with Gasteiger partial charge in [-0.2, -0.15) is 0 Å². The van der Waals surface area contributed by atoms with Gasteiger partial charge in [-0.15, -0.1) is 0 Å². The van der Waals surface area contributed by atoms with Crippen LogP contribution in [-0.2, 0) is 17.8 Å². The SMILES string of the molecule is Cc1cncc(CCC(=O)N2Cc3ccccc3N(C)CC2C)c1. The number of para-hydroxylation sites is 1. The number of aryl methyl sites for hydroxylation is 2. The number of anilines is 1. The highest BCUT2D eigenvalue weighted by atomic mass is 16.2. The molecule has 1 aromatic carbocycles. The molecule has 0 aliphatic carbocycles. The predicted molar refractivity (Wildman–Crippen MR) is 97.0 cm³/mol. The van der Waals surface area contributed by atoms with Gasteiger partial charge in [0.1, 0.15) is 0 Å². The van der Waals surface area contributed by atoms with Gasteiger partial charge in [0.25, 0.3) is 0 Å². The van der Waals surface area contributed by atoms with Gasteiger partial charge in [-0.3, -0.25) is 9.78 Å². The third-order valence-electron chi connectivity index (χ3n) is 4.69. The predicted octanol–water partition coefficient (Wildman–Crippen LogP) is 3.19. The number of amides is 1. The molecule has 0 fully saturated rings. The van der Waals surface area contributed by atoms with E-state index in [1.807, 2.05) is 30.3 Å². The lowest BCUT2D eigenvalue weighted by atomic mass is 10.1. The summed E-state index contributed by atoms with van der Waals surface area (Å²) in [5, 5.41) is 0. The molecule has 1 aliphatic heterocycles. The van der Waals surface area contributed by atoms with E-state index in [1.165, 1.54) is 11.3 Å². The smallest absolute Gasteiger partial charge is 0.223 e. The van der Waals surface area contributed by atoms with Gasteiger partial charge in [-0.25, -0.2) is 0 Å². The van der Waals surface area contributed by atoms with E-state index in [0.717, 1.165) is 24.1 Å². The summed E-state index contributed by atoms with van der Waals surface area (Å²) in [6, 6.07) is 10.7. The lowest BCUT2D eigenvalue weighted by Gasteiger charge is -2.28. The van der Waals surface area contributed by atoms with Crippen molar-refractivity contribution in [3.8, 4) is 0 Å². The van der Waals surface area contributed by atoms with Gasteiger partial charge in [-0.1, -0.05) is 24.3 Å². The van der Waals surface area contributed by atoms with Gasteiger partial charge in [0.05, 0.1) is 0 Å². The first-order valence-corrected chi connectivity index (χ1v) is 8.53. The Hall–Kier alpha value is -2.36. The number of likely N-dealkylation sites (N-methyl/N-ethyl adjacent to an activating group) is 1. The average molecular weight is 323 g/mol. The zero-order valence-electron chi connectivity index (χ0n) is 14.7. The molecule has 1 aliphatic rings. The molecule has 0 spiro atoms. The highest BCUT2D eigenvalue weighted by Gasteiger charge is 2.26. The van der Waals surface area contributed by atoms with Gasteiger partial charge >= 0.3 is 0 Å².